The maximum Gasteiger partial charge on any atom is 0.224 e. The second-order valence-corrected chi connectivity index (χ2v) is 4.05. The van der Waals surface area contributed by atoms with Gasteiger partial charge in [-0.15, -0.1) is 0 Å². The van der Waals surface area contributed by atoms with Crippen LogP contribution in [-0.4, -0.2) is 29.4 Å². The smallest absolute Gasteiger partial charge is 0.224 e. The summed E-state index contributed by atoms with van der Waals surface area (Å²) in [6.45, 7) is 9.03. The van der Waals surface area contributed by atoms with Crippen LogP contribution in [0.3, 0.4) is 0 Å². The summed E-state index contributed by atoms with van der Waals surface area (Å²) in [5.74, 6) is 0.191. The average Bonchev–Trinajstić information content (AvgIpc) is 2.13. The predicted octanol–water partition coefficient (Wildman–Crippen LogP) is 1.76. The fraction of sp³-hybridized carbons (Fsp3) is 0.909. The summed E-state index contributed by atoms with van der Waals surface area (Å²) < 4.78 is 0. The van der Waals surface area contributed by atoms with Crippen molar-refractivity contribution < 1.29 is 4.79 Å². The molecule has 3 nitrogen and oxygen atoms in total. The highest BCUT2D eigenvalue weighted by Crippen LogP contribution is 2.05. The highest BCUT2D eigenvalue weighted by Gasteiger charge is 2.17. The first-order valence-corrected chi connectivity index (χ1v) is 5.57. The van der Waals surface area contributed by atoms with Gasteiger partial charge in [0, 0.05) is 25.0 Å². The van der Waals surface area contributed by atoms with E-state index in [1.807, 2.05) is 25.7 Å². The summed E-state index contributed by atoms with van der Waals surface area (Å²) in [7, 11) is 0. The van der Waals surface area contributed by atoms with Gasteiger partial charge in [0.25, 0.3) is 0 Å². The minimum Gasteiger partial charge on any atom is -0.340 e. The lowest BCUT2D eigenvalue weighted by Gasteiger charge is -2.27. The molecule has 0 saturated heterocycles. The van der Waals surface area contributed by atoms with Gasteiger partial charge >= 0.3 is 0 Å². The molecule has 0 aromatic heterocycles. The zero-order chi connectivity index (χ0) is 11.1. The molecule has 0 fully saturated rings. The van der Waals surface area contributed by atoms with Gasteiger partial charge < -0.3 is 10.6 Å². The first kappa shape index (κ1) is 13.4. The average molecular weight is 200 g/mol. The third kappa shape index (κ3) is 4.61. The summed E-state index contributed by atoms with van der Waals surface area (Å²) in [5.41, 5.74) is 5.76. The SMILES string of the molecule is CCCN(C(=O)CC(N)CC)C(C)C. The molecule has 14 heavy (non-hydrogen) atoms. The van der Waals surface area contributed by atoms with Gasteiger partial charge in [0.1, 0.15) is 0 Å². The first-order chi connectivity index (χ1) is 6.52. The van der Waals surface area contributed by atoms with Crippen molar-refractivity contribution in [3.8, 4) is 0 Å². The highest BCUT2D eigenvalue weighted by molar-refractivity contribution is 5.77. The summed E-state index contributed by atoms with van der Waals surface area (Å²) >= 11 is 0. The maximum atomic E-state index is 11.8. The molecule has 3 heteroatoms. The molecule has 1 atom stereocenters. The van der Waals surface area contributed by atoms with Crippen molar-refractivity contribution in [1.82, 2.24) is 4.90 Å². The summed E-state index contributed by atoms with van der Waals surface area (Å²) in [5, 5.41) is 0. The van der Waals surface area contributed by atoms with Crippen molar-refractivity contribution in [3.05, 3.63) is 0 Å². The van der Waals surface area contributed by atoms with E-state index >= 15 is 0 Å². The second-order valence-electron chi connectivity index (χ2n) is 4.05. The van der Waals surface area contributed by atoms with Crippen LogP contribution in [0.15, 0.2) is 0 Å². The van der Waals surface area contributed by atoms with E-state index in [0.717, 1.165) is 19.4 Å². The van der Waals surface area contributed by atoms with E-state index in [2.05, 4.69) is 6.92 Å². The number of carbonyl (C=O) groups excluding carboxylic acids is 1. The van der Waals surface area contributed by atoms with Crippen LogP contribution < -0.4 is 5.73 Å². The zero-order valence-electron chi connectivity index (χ0n) is 9.92. The minimum absolute atomic E-state index is 0.0145. The van der Waals surface area contributed by atoms with Crippen LogP contribution in [-0.2, 0) is 4.79 Å². The Morgan fingerprint density at radius 2 is 1.93 bits per heavy atom. The van der Waals surface area contributed by atoms with Crippen LogP contribution >= 0.6 is 0 Å². The number of carbonyl (C=O) groups is 1. The van der Waals surface area contributed by atoms with Crippen molar-refractivity contribution in [2.45, 2.75) is 59.0 Å². The molecule has 0 aromatic rings. The summed E-state index contributed by atoms with van der Waals surface area (Å²) in [4.78, 5) is 13.7. The maximum absolute atomic E-state index is 11.8. The molecule has 0 aliphatic carbocycles. The number of nitrogens with two attached hydrogens (primary N) is 1. The van der Waals surface area contributed by atoms with E-state index in [1.54, 1.807) is 0 Å². The van der Waals surface area contributed by atoms with E-state index in [0.29, 0.717) is 6.42 Å². The Labute approximate surface area is 87.6 Å². The number of hydrogen-bond donors (Lipinski definition) is 1. The minimum atomic E-state index is 0.0145. The van der Waals surface area contributed by atoms with Crippen molar-refractivity contribution in [2.75, 3.05) is 6.54 Å². The molecule has 1 amide bonds. The molecule has 84 valence electrons. The third-order valence-corrected chi connectivity index (χ3v) is 2.37. The molecule has 0 aromatic carbocycles. The monoisotopic (exact) mass is 200 g/mol. The lowest BCUT2D eigenvalue weighted by Crippen LogP contribution is -2.40. The van der Waals surface area contributed by atoms with Crippen LogP contribution in [0, 0.1) is 0 Å². The highest BCUT2D eigenvalue weighted by atomic mass is 16.2. The van der Waals surface area contributed by atoms with Gasteiger partial charge in [-0.2, -0.15) is 0 Å². The Hall–Kier alpha value is -0.570. The quantitative estimate of drug-likeness (QED) is 0.710. The molecule has 0 radical (unpaired) electrons. The number of hydrogen-bond acceptors (Lipinski definition) is 2. The van der Waals surface area contributed by atoms with Crippen LogP contribution in [0.4, 0.5) is 0 Å². The van der Waals surface area contributed by atoms with Crippen LogP contribution in [0.5, 0.6) is 0 Å². The molecule has 0 heterocycles. The molecule has 0 spiro atoms. The fourth-order valence-corrected chi connectivity index (χ4v) is 1.40. The molecule has 0 saturated carbocycles. The van der Waals surface area contributed by atoms with E-state index in [4.69, 9.17) is 5.73 Å². The molecule has 1 unspecified atom stereocenters. The summed E-state index contributed by atoms with van der Waals surface area (Å²) in [6.07, 6.45) is 2.35. The van der Waals surface area contributed by atoms with E-state index in [1.165, 1.54) is 0 Å². The van der Waals surface area contributed by atoms with Crippen molar-refractivity contribution in [3.63, 3.8) is 0 Å². The number of amides is 1. The molecule has 0 rings (SSSR count). The lowest BCUT2D eigenvalue weighted by molar-refractivity contribution is -0.133. The second kappa shape index (κ2) is 6.82. The standard InChI is InChI=1S/C11H24N2O/c1-5-7-13(9(3)4)11(14)8-10(12)6-2/h9-10H,5-8,12H2,1-4H3. The Morgan fingerprint density at radius 1 is 1.36 bits per heavy atom. The van der Waals surface area contributed by atoms with Crippen LogP contribution in [0.2, 0.25) is 0 Å². The van der Waals surface area contributed by atoms with Gasteiger partial charge in [-0.1, -0.05) is 13.8 Å². The fourth-order valence-electron chi connectivity index (χ4n) is 1.40. The normalized spacial score (nSPS) is 13.0. The molecule has 0 bridgehead atoms. The van der Waals surface area contributed by atoms with Crippen LogP contribution in [0.1, 0.15) is 47.0 Å². The Balaban J connectivity index is 4.15. The van der Waals surface area contributed by atoms with Gasteiger partial charge in [-0.25, -0.2) is 0 Å². The van der Waals surface area contributed by atoms with Gasteiger partial charge in [-0.05, 0) is 26.7 Å². The lowest BCUT2D eigenvalue weighted by atomic mass is 10.1. The predicted molar refractivity (Wildman–Crippen MR) is 60.0 cm³/mol. The Bertz CT molecular complexity index is 169. The van der Waals surface area contributed by atoms with Crippen molar-refractivity contribution in [1.29, 1.82) is 0 Å². The van der Waals surface area contributed by atoms with Crippen LogP contribution in [0.25, 0.3) is 0 Å². The first-order valence-electron chi connectivity index (χ1n) is 5.57. The van der Waals surface area contributed by atoms with E-state index in [9.17, 15) is 4.79 Å². The van der Waals surface area contributed by atoms with Gasteiger partial charge in [0.15, 0.2) is 0 Å². The largest absolute Gasteiger partial charge is 0.340 e. The Morgan fingerprint density at radius 3 is 2.29 bits per heavy atom. The molecular formula is C11H24N2O. The van der Waals surface area contributed by atoms with E-state index < -0.39 is 0 Å². The van der Waals surface area contributed by atoms with E-state index in [-0.39, 0.29) is 18.0 Å². The zero-order valence-corrected chi connectivity index (χ0v) is 9.92. The topological polar surface area (TPSA) is 46.3 Å². The van der Waals surface area contributed by atoms with Crippen molar-refractivity contribution in [2.24, 2.45) is 5.73 Å². The van der Waals surface area contributed by atoms with Crippen molar-refractivity contribution >= 4 is 5.91 Å². The Kier molecular flexibility index (Phi) is 6.54. The van der Waals surface area contributed by atoms with Gasteiger partial charge in [0.05, 0.1) is 0 Å². The number of rotatable bonds is 6. The molecular weight excluding hydrogens is 176 g/mol. The third-order valence-electron chi connectivity index (χ3n) is 2.37. The molecule has 2 N–H and O–H groups in total. The molecule has 0 aliphatic heterocycles. The summed E-state index contributed by atoms with van der Waals surface area (Å²) in [6, 6.07) is 0.298. The van der Waals surface area contributed by atoms with Gasteiger partial charge in [0.2, 0.25) is 5.91 Å². The molecule has 0 aliphatic rings. The number of nitrogens with zero attached hydrogens (tertiary/aromatic N) is 1. The van der Waals surface area contributed by atoms with Gasteiger partial charge in [-0.3, -0.25) is 4.79 Å².